The molecule has 9 atom stereocenters. The molecule has 11 amide bonds. The average molecular weight is 1110 g/mol. The zero-order chi connectivity index (χ0) is 57.1. The molecule has 1 saturated heterocycles. The zero-order valence-corrected chi connectivity index (χ0v) is 43.2. The smallest absolute Gasteiger partial charge is 0.267 e. The maximum atomic E-state index is 14.1. The van der Waals surface area contributed by atoms with Crippen LogP contribution in [0.25, 0.3) is 0 Å². The van der Waals surface area contributed by atoms with Crippen LogP contribution in [-0.2, 0) is 79.4 Å². The Hall–Kier alpha value is -7.03. The summed E-state index contributed by atoms with van der Waals surface area (Å²) in [6.45, 7) is 5.84. The van der Waals surface area contributed by atoms with Gasteiger partial charge in [0.15, 0.2) is 0 Å². The Balaban J connectivity index is 2.47. The standard InChI is InChI=1S/C43H68N12O18S2/c1-5-22(4)35(54-40(64)28(16-23-8-10-24(56)11-9-23)50-36(60)25(44)19-74(68,69)70)42(66)49-26(12-13-32(45)57)38(62)51-29(17-33(46)58)39(63)53-30(20-75(71,72)73)43(67)55-14-6-7-31(55)41(65)52-27(15-21(2)3)37(61)48-18-34(47)59/h8-11,21-22,25-31,35,56H,5-7,12-20,44H2,1-4H3,(H2,45,57)(H2,46,58)(H2,47,59)(H,48,61)(H,49,66)(H,50,60)(H,51,62)(H,52,65)(H,53,63)(H,54,64)(H,68,69,70)(H,71,72,73)/t22-,25-,26-,27-,28-,29-,30-,31-,35-/m0/s1. The quantitative estimate of drug-likeness (QED) is 0.0308. The van der Waals surface area contributed by atoms with Gasteiger partial charge in [-0.15, -0.1) is 0 Å². The lowest BCUT2D eigenvalue weighted by Crippen LogP contribution is -2.62. The van der Waals surface area contributed by atoms with Crippen molar-refractivity contribution in [3.8, 4) is 5.75 Å². The number of phenolic OH excluding ortho intramolecular Hbond substituents is 1. The number of hydrogen-bond donors (Lipinski definition) is 14. The number of nitrogens with one attached hydrogen (secondary N) is 7. The van der Waals surface area contributed by atoms with E-state index in [-0.39, 0.29) is 50.3 Å². The number of nitrogens with zero attached hydrogens (tertiary/aromatic N) is 1. The van der Waals surface area contributed by atoms with Crippen molar-refractivity contribution in [3.63, 3.8) is 0 Å². The van der Waals surface area contributed by atoms with Crippen molar-refractivity contribution < 1.29 is 83.8 Å². The van der Waals surface area contributed by atoms with Crippen molar-refractivity contribution in [2.24, 2.45) is 34.8 Å². The predicted octanol–water partition coefficient (Wildman–Crippen LogP) is -6.23. The van der Waals surface area contributed by atoms with Crippen LogP contribution in [0, 0.1) is 11.8 Å². The summed E-state index contributed by atoms with van der Waals surface area (Å²) in [6.07, 6.45) is -2.18. The van der Waals surface area contributed by atoms with Gasteiger partial charge in [0.2, 0.25) is 65.0 Å². The largest absolute Gasteiger partial charge is 0.508 e. The molecule has 1 aromatic carbocycles. The normalized spacial score (nSPS) is 16.8. The lowest BCUT2D eigenvalue weighted by Gasteiger charge is -2.31. The first-order chi connectivity index (χ1) is 34.7. The maximum Gasteiger partial charge on any atom is 0.267 e. The fourth-order valence-corrected chi connectivity index (χ4v) is 8.80. The molecule has 0 aromatic heterocycles. The van der Waals surface area contributed by atoms with E-state index in [0.717, 1.165) is 4.90 Å². The van der Waals surface area contributed by atoms with E-state index in [9.17, 15) is 83.8 Å². The summed E-state index contributed by atoms with van der Waals surface area (Å²) in [5.74, 6) is -15.9. The van der Waals surface area contributed by atoms with E-state index in [4.69, 9.17) is 22.9 Å². The first-order valence-electron chi connectivity index (χ1n) is 23.4. The summed E-state index contributed by atoms with van der Waals surface area (Å²) < 4.78 is 66.4. The highest BCUT2D eigenvalue weighted by Crippen LogP contribution is 2.21. The second-order valence-corrected chi connectivity index (χ2v) is 21.3. The van der Waals surface area contributed by atoms with Gasteiger partial charge >= 0.3 is 0 Å². The molecule has 30 nitrogen and oxygen atoms in total. The average Bonchev–Trinajstić information content (AvgIpc) is 3.79. The van der Waals surface area contributed by atoms with Gasteiger partial charge in [0.25, 0.3) is 20.2 Å². The number of likely N-dealkylation sites (tertiary alicyclic amines) is 1. The molecule has 420 valence electrons. The van der Waals surface area contributed by atoms with E-state index in [1.54, 1.807) is 20.8 Å². The number of aromatic hydroxyl groups is 1. The van der Waals surface area contributed by atoms with Crippen LogP contribution in [0.15, 0.2) is 24.3 Å². The molecule has 1 aliphatic rings. The molecule has 0 spiro atoms. The summed E-state index contributed by atoms with van der Waals surface area (Å²) in [5, 5.41) is 25.8. The molecule has 0 aliphatic carbocycles. The molecule has 1 heterocycles. The van der Waals surface area contributed by atoms with Gasteiger partial charge < -0.3 is 70.2 Å². The van der Waals surface area contributed by atoms with Crippen LogP contribution < -0.4 is 60.2 Å². The van der Waals surface area contributed by atoms with E-state index in [1.165, 1.54) is 31.2 Å². The number of benzene rings is 1. The molecule has 1 fully saturated rings. The molecule has 1 aromatic rings. The Morgan fingerprint density at radius 1 is 0.667 bits per heavy atom. The Labute approximate surface area is 432 Å². The highest BCUT2D eigenvalue weighted by molar-refractivity contribution is 7.86. The molecule has 0 saturated carbocycles. The molecular weight excluding hydrogens is 1040 g/mol. The van der Waals surface area contributed by atoms with Crippen LogP contribution in [0.3, 0.4) is 0 Å². The number of carbonyl (C=O) groups excluding carboxylic acids is 11. The van der Waals surface area contributed by atoms with Gasteiger partial charge in [0.05, 0.1) is 18.7 Å². The van der Waals surface area contributed by atoms with Crippen molar-refractivity contribution in [3.05, 3.63) is 29.8 Å². The number of hydrogen-bond acceptors (Lipinski definition) is 17. The molecule has 1 aliphatic heterocycles. The van der Waals surface area contributed by atoms with Crippen LogP contribution >= 0.6 is 0 Å². The molecule has 0 radical (unpaired) electrons. The van der Waals surface area contributed by atoms with E-state index in [1.807, 2.05) is 0 Å². The first-order valence-corrected chi connectivity index (χ1v) is 26.6. The Morgan fingerprint density at radius 3 is 1.75 bits per heavy atom. The molecule has 18 N–H and O–H groups in total. The first kappa shape index (κ1) is 64.1. The fourth-order valence-electron chi connectivity index (χ4n) is 7.54. The van der Waals surface area contributed by atoms with Crippen LogP contribution in [0.2, 0.25) is 0 Å². The van der Waals surface area contributed by atoms with Gasteiger partial charge in [-0.05, 0) is 55.2 Å². The Kier molecular flexibility index (Phi) is 24.9. The van der Waals surface area contributed by atoms with Crippen LogP contribution in [0.5, 0.6) is 5.75 Å². The minimum Gasteiger partial charge on any atom is -0.508 e. The van der Waals surface area contributed by atoms with E-state index in [0.29, 0.717) is 5.56 Å². The number of rotatable bonds is 31. The summed E-state index contributed by atoms with van der Waals surface area (Å²) in [6, 6.07) is -8.43. The van der Waals surface area contributed by atoms with Crippen molar-refractivity contribution in [2.75, 3.05) is 24.6 Å². The van der Waals surface area contributed by atoms with Gasteiger partial charge in [-0.3, -0.25) is 61.8 Å². The van der Waals surface area contributed by atoms with Crippen LogP contribution in [0.1, 0.15) is 78.2 Å². The topological polar surface area (TPSA) is 508 Å². The lowest BCUT2D eigenvalue weighted by molar-refractivity contribution is -0.142. The predicted molar refractivity (Wildman–Crippen MR) is 262 cm³/mol. The Bertz CT molecular complexity index is 2500. The van der Waals surface area contributed by atoms with Gasteiger partial charge in [0.1, 0.15) is 59.8 Å². The molecule has 0 unspecified atom stereocenters. The third kappa shape index (κ3) is 23.0. The van der Waals surface area contributed by atoms with Gasteiger partial charge in [-0.2, -0.15) is 16.8 Å². The van der Waals surface area contributed by atoms with Gasteiger partial charge in [0, 0.05) is 19.4 Å². The third-order valence-electron chi connectivity index (χ3n) is 11.5. The summed E-state index contributed by atoms with van der Waals surface area (Å²) >= 11 is 0. The fraction of sp³-hybridized carbons (Fsp3) is 0.605. The number of amides is 11. The van der Waals surface area contributed by atoms with E-state index < -0.39 is 177 Å². The monoisotopic (exact) mass is 1100 g/mol. The summed E-state index contributed by atoms with van der Waals surface area (Å²) in [5.41, 5.74) is 21.8. The molecular formula is C43H68N12O18S2. The molecule has 2 rings (SSSR count). The SMILES string of the molecule is CC[C@H](C)[C@H](NC(=O)[C@H](Cc1ccc(O)cc1)NC(=O)[C@@H](N)CS(=O)(=O)O)C(=O)N[C@@H](CCC(N)=O)C(=O)N[C@@H](CC(N)=O)C(=O)N[C@@H](CS(=O)(=O)O)C(=O)N1CCC[C@H]1C(=O)N[C@@H](CC(C)C)C(=O)NCC(N)=O. The van der Waals surface area contributed by atoms with Crippen LogP contribution in [-0.4, -0.2) is 174 Å². The van der Waals surface area contributed by atoms with Crippen LogP contribution in [0.4, 0.5) is 0 Å². The second-order valence-electron chi connectivity index (χ2n) is 18.3. The Morgan fingerprint density at radius 2 is 1.21 bits per heavy atom. The number of phenols is 1. The van der Waals surface area contributed by atoms with Crippen molar-refractivity contribution >= 4 is 85.2 Å². The van der Waals surface area contributed by atoms with Crippen molar-refractivity contribution in [1.82, 2.24) is 42.1 Å². The number of nitrogens with two attached hydrogens (primary N) is 4. The minimum absolute atomic E-state index is 0.0207. The van der Waals surface area contributed by atoms with Crippen molar-refractivity contribution in [2.45, 2.75) is 127 Å². The van der Waals surface area contributed by atoms with E-state index in [2.05, 4.69) is 37.2 Å². The van der Waals surface area contributed by atoms with Gasteiger partial charge in [-0.1, -0.05) is 46.2 Å². The van der Waals surface area contributed by atoms with Gasteiger partial charge in [-0.25, -0.2) is 0 Å². The highest BCUT2D eigenvalue weighted by atomic mass is 32.2. The maximum absolute atomic E-state index is 14.1. The number of carbonyl (C=O) groups is 11. The number of primary amides is 3. The second kappa shape index (κ2) is 29.2. The summed E-state index contributed by atoms with van der Waals surface area (Å²) in [7, 11) is -9.90. The molecule has 75 heavy (non-hydrogen) atoms. The zero-order valence-electron chi connectivity index (χ0n) is 41.6. The highest BCUT2D eigenvalue weighted by Gasteiger charge is 2.42. The summed E-state index contributed by atoms with van der Waals surface area (Å²) in [4.78, 5) is 146. The minimum atomic E-state index is -5.14. The van der Waals surface area contributed by atoms with Crippen molar-refractivity contribution in [1.29, 1.82) is 0 Å². The lowest BCUT2D eigenvalue weighted by atomic mass is 9.96. The molecule has 0 bridgehead atoms. The van der Waals surface area contributed by atoms with E-state index >= 15 is 0 Å². The third-order valence-corrected chi connectivity index (χ3v) is 13.0. The molecule has 32 heteroatoms.